The number of aliphatic hydroxyl groups excluding tert-OH is 1. The standard InChI is InChI=1S/C18H23F2N3O4.ClH/c19-18(20)27-15-6-2-1-4-12(15)17(26)23-7-3-5-13(23)16(25)22-9-11-8-21-10-14(11)24;/h1-2,4,6,11,13-14,18,21,24H,3,5,7-10H2,(H,22,25);1H. The fourth-order valence-electron chi connectivity index (χ4n) is 3.56. The van der Waals surface area contributed by atoms with E-state index in [9.17, 15) is 23.5 Å². The Kier molecular flexibility index (Phi) is 7.97. The molecule has 7 nitrogen and oxygen atoms in total. The number of nitrogens with one attached hydrogen (secondary N) is 2. The summed E-state index contributed by atoms with van der Waals surface area (Å²) in [6.45, 7) is -1.24. The number of ether oxygens (including phenoxy) is 1. The largest absolute Gasteiger partial charge is 0.434 e. The van der Waals surface area contributed by atoms with Gasteiger partial charge < -0.3 is 25.4 Å². The van der Waals surface area contributed by atoms with Crippen LogP contribution in [-0.2, 0) is 4.79 Å². The molecule has 0 radical (unpaired) electrons. The number of carbonyl (C=O) groups excluding carboxylic acids is 2. The smallest absolute Gasteiger partial charge is 0.387 e. The summed E-state index contributed by atoms with van der Waals surface area (Å²) in [4.78, 5) is 26.8. The minimum atomic E-state index is -3.04. The summed E-state index contributed by atoms with van der Waals surface area (Å²) in [5, 5.41) is 15.6. The normalized spacial score (nSPS) is 24.1. The van der Waals surface area contributed by atoms with Crippen molar-refractivity contribution < 1.29 is 28.2 Å². The summed E-state index contributed by atoms with van der Waals surface area (Å²) >= 11 is 0. The molecule has 1 aromatic carbocycles. The van der Waals surface area contributed by atoms with Crippen molar-refractivity contribution >= 4 is 24.2 Å². The monoisotopic (exact) mass is 419 g/mol. The number of carbonyl (C=O) groups is 2. The molecule has 0 spiro atoms. The van der Waals surface area contributed by atoms with Crippen LogP contribution in [0.2, 0.25) is 0 Å². The molecule has 2 heterocycles. The van der Waals surface area contributed by atoms with Crippen molar-refractivity contribution in [2.24, 2.45) is 5.92 Å². The molecule has 3 N–H and O–H groups in total. The predicted molar refractivity (Wildman–Crippen MR) is 99.8 cm³/mol. The highest BCUT2D eigenvalue weighted by molar-refractivity contribution is 6.00. The number of rotatable bonds is 6. The van der Waals surface area contributed by atoms with E-state index < -0.39 is 24.7 Å². The molecular weight excluding hydrogens is 396 g/mol. The summed E-state index contributed by atoms with van der Waals surface area (Å²) in [7, 11) is 0. The number of likely N-dealkylation sites (tertiary alicyclic amines) is 1. The fraction of sp³-hybridized carbons (Fsp3) is 0.556. The fourth-order valence-corrected chi connectivity index (χ4v) is 3.56. The third-order valence-electron chi connectivity index (χ3n) is 4.99. The first-order valence-electron chi connectivity index (χ1n) is 8.98. The lowest BCUT2D eigenvalue weighted by Gasteiger charge is -2.25. The number of nitrogens with zero attached hydrogens (tertiary/aromatic N) is 1. The van der Waals surface area contributed by atoms with Gasteiger partial charge in [0.05, 0.1) is 11.7 Å². The number of benzene rings is 1. The Morgan fingerprint density at radius 1 is 1.32 bits per heavy atom. The van der Waals surface area contributed by atoms with Crippen LogP contribution >= 0.6 is 12.4 Å². The minimum Gasteiger partial charge on any atom is -0.434 e. The van der Waals surface area contributed by atoms with E-state index in [0.717, 1.165) is 0 Å². The number of β-amino-alcohol motifs (C(OH)–C–C–N with tert-alkyl or cyclic N) is 1. The van der Waals surface area contributed by atoms with Gasteiger partial charge in [0.2, 0.25) is 5.91 Å². The first kappa shape index (κ1) is 22.3. The van der Waals surface area contributed by atoms with Gasteiger partial charge in [-0.3, -0.25) is 9.59 Å². The SMILES string of the molecule is Cl.O=C(NCC1CNCC1O)C1CCCN1C(=O)c1ccccc1OC(F)F. The molecule has 3 unspecified atom stereocenters. The van der Waals surface area contributed by atoms with Gasteiger partial charge >= 0.3 is 6.61 Å². The zero-order valence-electron chi connectivity index (χ0n) is 15.1. The number of alkyl halides is 2. The Morgan fingerprint density at radius 2 is 2.07 bits per heavy atom. The van der Waals surface area contributed by atoms with Crippen molar-refractivity contribution in [3.63, 3.8) is 0 Å². The molecule has 0 aliphatic carbocycles. The van der Waals surface area contributed by atoms with Crippen molar-refractivity contribution in [2.75, 3.05) is 26.2 Å². The predicted octanol–water partition coefficient (Wildman–Crippen LogP) is 1.01. The third-order valence-corrected chi connectivity index (χ3v) is 4.99. The van der Waals surface area contributed by atoms with Gasteiger partial charge in [0.1, 0.15) is 11.8 Å². The molecule has 2 aliphatic rings. The Balaban J connectivity index is 0.00000280. The van der Waals surface area contributed by atoms with Gasteiger partial charge in [0.25, 0.3) is 5.91 Å². The molecule has 10 heteroatoms. The number of halogens is 3. The molecule has 2 amide bonds. The summed E-state index contributed by atoms with van der Waals surface area (Å²) in [6.07, 6.45) is 0.640. The van der Waals surface area contributed by atoms with Crippen LogP contribution in [0.3, 0.4) is 0 Å². The molecular formula is C18H24ClF2N3O4. The summed E-state index contributed by atoms with van der Waals surface area (Å²) in [5.74, 6) is -1.08. The molecule has 2 saturated heterocycles. The average molecular weight is 420 g/mol. The highest BCUT2D eigenvalue weighted by atomic mass is 35.5. The second-order valence-corrected chi connectivity index (χ2v) is 6.76. The molecule has 2 aliphatic heterocycles. The summed E-state index contributed by atoms with van der Waals surface area (Å²) in [5.41, 5.74) is 0.00733. The van der Waals surface area contributed by atoms with Gasteiger partial charge in [-0.05, 0) is 25.0 Å². The zero-order valence-corrected chi connectivity index (χ0v) is 16.0. The van der Waals surface area contributed by atoms with Crippen LogP contribution in [0.5, 0.6) is 5.75 Å². The Morgan fingerprint density at radius 3 is 2.75 bits per heavy atom. The van der Waals surface area contributed by atoms with E-state index >= 15 is 0 Å². The van der Waals surface area contributed by atoms with E-state index in [1.165, 1.54) is 23.1 Å². The molecule has 28 heavy (non-hydrogen) atoms. The summed E-state index contributed by atoms with van der Waals surface area (Å²) < 4.78 is 29.6. The number of hydrogen-bond acceptors (Lipinski definition) is 5. The molecule has 156 valence electrons. The summed E-state index contributed by atoms with van der Waals surface area (Å²) in [6, 6.07) is 5.12. The van der Waals surface area contributed by atoms with Gasteiger partial charge in [-0.2, -0.15) is 8.78 Å². The third kappa shape index (κ3) is 5.09. The van der Waals surface area contributed by atoms with Crippen molar-refractivity contribution in [3.05, 3.63) is 29.8 Å². The van der Waals surface area contributed by atoms with Crippen LogP contribution in [0.15, 0.2) is 24.3 Å². The zero-order chi connectivity index (χ0) is 19.4. The van der Waals surface area contributed by atoms with E-state index in [2.05, 4.69) is 15.4 Å². The van der Waals surface area contributed by atoms with Crippen LogP contribution in [0.25, 0.3) is 0 Å². The average Bonchev–Trinajstić information content (AvgIpc) is 3.28. The first-order chi connectivity index (χ1) is 13.0. The number of hydrogen-bond donors (Lipinski definition) is 3. The lowest BCUT2D eigenvalue weighted by Crippen LogP contribution is -2.47. The van der Waals surface area contributed by atoms with Crippen molar-refractivity contribution in [3.8, 4) is 5.75 Å². The van der Waals surface area contributed by atoms with Gasteiger partial charge in [-0.15, -0.1) is 12.4 Å². The van der Waals surface area contributed by atoms with Crippen LogP contribution in [0, 0.1) is 5.92 Å². The molecule has 1 aromatic rings. The van der Waals surface area contributed by atoms with Gasteiger partial charge in [0.15, 0.2) is 0 Å². The molecule has 0 aromatic heterocycles. The maximum atomic E-state index is 12.8. The van der Waals surface area contributed by atoms with Gasteiger partial charge in [0, 0.05) is 32.1 Å². The highest BCUT2D eigenvalue weighted by Gasteiger charge is 2.36. The van der Waals surface area contributed by atoms with Crippen molar-refractivity contribution in [2.45, 2.75) is 31.6 Å². The van der Waals surface area contributed by atoms with Crippen molar-refractivity contribution in [1.82, 2.24) is 15.5 Å². The first-order valence-corrected chi connectivity index (χ1v) is 8.98. The Labute approximate surface area is 167 Å². The van der Waals surface area contributed by atoms with Crippen LogP contribution in [0.4, 0.5) is 8.78 Å². The maximum Gasteiger partial charge on any atom is 0.387 e. The molecule has 3 atom stereocenters. The highest BCUT2D eigenvalue weighted by Crippen LogP contribution is 2.26. The second kappa shape index (κ2) is 9.99. The number of amides is 2. The lowest BCUT2D eigenvalue weighted by atomic mass is 10.1. The molecule has 0 saturated carbocycles. The van der Waals surface area contributed by atoms with E-state index in [0.29, 0.717) is 39.0 Å². The quantitative estimate of drug-likeness (QED) is 0.640. The number of para-hydroxylation sites is 1. The van der Waals surface area contributed by atoms with Crippen molar-refractivity contribution in [1.29, 1.82) is 0 Å². The second-order valence-electron chi connectivity index (χ2n) is 6.76. The van der Waals surface area contributed by atoms with Crippen LogP contribution in [0.1, 0.15) is 23.2 Å². The van der Waals surface area contributed by atoms with Crippen LogP contribution < -0.4 is 15.4 Å². The van der Waals surface area contributed by atoms with Crippen LogP contribution in [-0.4, -0.2) is 66.8 Å². The molecule has 3 rings (SSSR count). The number of aliphatic hydroxyl groups is 1. The minimum absolute atomic E-state index is 0. The van der Waals surface area contributed by atoms with Gasteiger partial charge in [-0.25, -0.2) is 0 Å². The maximum absolute atomic E-state index is 12.8. The topological polar surface area (TPSA) is 90.9 Å². The molecule has 0 bridgehead atoms. The van der Waals surface area contributed by atoms with E-state index in [1.54, 1.807) is 6.07 Å². The lowest BCUT2D eigenvalue weighted by molar-refractivity contribution is -0.125. The van der Waals surface area contributed by atoms with E-state index in [-0.39, 0.29) is 35.5 Å². The Bertz CT molecular complexity index is 695. The van der Waals surface area contributed by atoms with E-state index in [4.69, 9.17) is 0 Å². The van der Waals surface area contributed by atoms with Gasteiger partial charge in [-0.1, -0.05) is 12.1 Å². The Hall–Kier alpha value is -1.97. The van der Waals surface area contributed by atoms with E-state index in [1.807, 2.05) is 0 Å². The molecule has 2 fully saturated rings.